The Kier molecular flexibility index (Phi) is 8.52. The van der Waals surface area contributed by atoms with Crippen LogP contribution in [0.3, 0.4) is 0 Å². The average molecular weight is 643 g/mol. The first-order valence-corrected chi connectivity index (χ1v) is 17.0. The van der Waals surface area contributed by atoms with Gasteiger partial charge in [-0.2, -0.15) is 5.26 Å². The van der Waals surface area contributed by atoms with Gasteiger partial charge in [-0.25, -0.2) is 4.79 Å². The Hall–Kier alpha value is -4.94. The van der Waals surface area contributed by atoms with Gasteiger partial charge >= 0.3 is 6.03 Å². The van der Waals surface area contributed by atoms with Gasteiger partial charge in [-0.1, -0.05) is 41.6 Å². The van der Waals surface area contributed by atoms with Crippen LogP contribution in [0.1, 0.15) is 60.2 Å². The molecule has 3 aromatic carbocycles. The fourth-order valence-electron chi connectivity index (χ4n) is 7.28. The summed E-state index contributed by atoms with van der Waals surface area (Å²) >= 11 is 0. The Bertz CT molecular complexity index is 1840. The number of rotatable bonds is 9. The minimum absolute atomic E-state index is 0.222. The van der Waals surface area contributed by atoms with E-state index in [9.17, 15) is 14.9 Å². The molecule has 0 bridgehead atoms. The van der Waals surface area contributed by atoms with Crippen molar-refractivity contribution in [3.8, 4) is 17.2 Å². The van der Waals surface area contributed by atoms with E-state index < -0.39 is 0 Å². The molecule has 0 unspecified atom stereocenters. The number of nitriles is 1. The van der Waals surface area contributed by atoms with Gasteiger partial charge in [0.15, 0.2) is 0 Å². The van der Waals surface area contributed by atoms with E-state index in [1.54, 1.807) is 4.90 Å². The van der Waals surface area contributed by atoms with Gasteiger partial charge < -0.3 is 9.42 Å². The normalized spacial score (nSPS) is 18.0. The van der Waals surface area contributed by atoms with Crippen LogP contribution in [0.4, 0.5) is 21.9 Å². The van der Waals surface area contributed by atoms with Gasteiger partial charge in [-0.15, -0.1) is 0 Å². The summed E-state index contributed by atoms with van der Waals surface area (Å²) < 4.78 is 5.52. The molecule has 1 saturated carbocycles. The summed E-state index contributed by atoms with van der Waals surface area (Å²) in [6.07, 6.45) is 4.38. The molecule has 1 N–H and O–H groups in total. The number of urea groups is 1. The van der Waals surface area contributed by atoms with Crippen molar-refractivity contribution in [1.29, 1.82) is 5.26 Å². The summed E-state index contributed by atoms with van der Waals surface area (Å²) in [7, 11) is 0. The van der Waals surface area contributed by atoms with Crippen molar-refractivity contribution in [3.05, 3.63) is 94.9 Å². The molecule has 0 radical (unpaired) electrons. The molecule has 48 heavy (non-hydrogen) atoms. The van der Waals surface area contributed by atoms with Crippen LogP contribution in [-0.2, 0) is 16.8 Å². The number of nitrogens with one attached hydrogen (secondary N) is 1. The minimum Gasteiger partial charge on any atom is -0.361 e. The van der Waals surface area contributed by atoms with Gasteiger partial charge in [0.25, 0.3) is 0 Å². The van der Waals surface area contributed by atoms with E-state index in [1.165, 1.54) is 16.8 Å². The molecule has 0 spiro atoms. The van der Waals surface area contributed by atoms with Gasteiger partial charge in [0, 0.05) is 48.7 Å². The molecule has 2 saturated heterocycles. The largest absolute Gasteiger partial charge is 0.361 e. The fourth-order valence-corrected chi connectivity index (χ4v) is 7.28. The predicted octanol–water partition coefficient (Wildman–Crippen LogP) is 7.32. The lowest BCUT2D eigenvalue weighted by Crippen LogP contribution is -2.49. The fraction of sp³-hybridized carbons (Fsp3) is 0.385. The molecule has 3 amide bonds. The first kappa shape index (κ1) is 31.6. The van der Waals surface area contributed by atoms with E-state index in [0.29, 0.717) is 18.9 Å². The Balaban J connectivity index is 1.06. The van der Waals surface area contributed by atoms with Crippen LogP contribution < -0.4 is 15.1 Å². The molecular formula is C39H42N6O3. The van der Waals surface area contributed by atoms with Crippen molar-refractivity contribution >= 4 is 29.0 Å². The molecular weight excluding hydrogens is 600 g/mol. The zero-order valence-corrected chi connectivity index (χ0v) is 28.0. The summed E-state index contributed by atoms with van der Waals surface area (Å²) in [5.41, 5.74) is 9.39. The smallest absolute Gasteiger partial charge is 0.328 e. The molecule has 1 aliphatic carbocycles. The third-order valence-corrected chi connectivity index (χ3v) is 10.4. The second-order valence-corrected chi connectivity index (χ2v) is 13.7. The van der Waals surface area contributed by atoms with Crippen molar-refractivity contribution in [2.24, 2.45) is 5.92 Å². The highest BCUT2D eigenvalue weighted by Gasteiger charge is 2.44. The molecule has 3 fully saturated rings. The summed E-state index contributed by atoms with van der Waals surface area (Å²) in [5, 5.41) is 16.4. The van der Waals surface area contributed by atoms with Gasteiger partial charge in [0.2, 0.25) is 5.91 Å². The maximum atomic E-state index is 12.2. The van der Waals surface area contributed by atoms with Crippen molar-refractivity contribution in [2.75, 3.05) is 36.0 Å². The number of hydrogen-bond acceptors (Lipinski definition) is 7. The first-order chi connectivity index (χ1) is 23.2. The number of likely N-dealkylation sites (tertiary alicyclic amines) is 1. The van der Waals surface area contributed by atoms with E-state index in [-0.39, 0.29) is 17.4 Å². The highest BCUT2D eigenvalue weighted by Crippen LogP contribution is 2.48. The quantitative estimate of drug-likeness (QED) is 0.204. The Morgan fingerprint density at radius 1 is 0.979 bits per heavy atom. The molecule has 246 valence electrons. The topological polar surface area (TPSA) is 106 Å². The van der Waals surface area contributed by atoms with Gasteiger partial charge in [0.05, 0.1) is 17.2 Å². The van der Waals surface area contributed by atoms with E-state index in [2.05, 4.69) is 87.9 Å². The predicted molar refractivity (Wildman–Crippen MR) is 186 cm³/mol. The van der Waals surface area contributed by atoms with E-state index in [1.807, 2.05) is 26.0 Å². The third kappa shape index (κ3) is 6.33. The molecule has 2 aliphatic heterocycles. The van der Waals surface area contributed by atoms with Crippen LogP contribution in [0, 0.1) is 38.0 Å². The number of aromatic nitrogens is 1. The Morgan fingerprint density at radius 2 is 1.71 bits per heavy atom. The van der Waals surface area contributed by atoms with Crippen LogP contribution in [0.2, 0.25) is 0 Å². The molecule has 0 atom stereocenters. The number of amides is 3. The maximum Gasteiger partial charge on any atom is 0.328 e. The highest BCUT2D eigenvalue weighted by molar-refractivity contribution is 6.05. The summed E-state index contributed by atoms with van der Waals surface area (Å²) in [6, 6.07) is 25.6. The molecule has 3 aliphatic rings. The second-order valence-electron chi connectivity index (χ2n) is 13.7. The number of piperidine rings is 1. The second kappa shape index (κ2) is 12.9. The zero-order valence-electron chi connectivity index (χ0n) is 28.0. The minimum atomic E-state index is -0.356. The van der Waals surface area contributed by atoms with Crippen molar-refractivity contribution < 1.29 is 14.1 Å². The number of aryl methyl sites for hydroxylation is 3. The van der Waals surface area contributed by atoms with Crippen LogP contribution >= 0.6 is 0 Å². The Labute approximate surface area is 282 Å². The van der Waals surface area contributed by atoms with Crippen LogP contribution in [-0.4, -0.2) is 48.2 Å². The Morgan fingerprint density at radius 3 is 2.33 bits per heavy atom. The van der Waals surface area contributed by atoms with Crippen LogP contribution in [0.25, 0.3) is 11.1 Å². The van der Waals surface area contributed by atoms with Crippen LogP contribution in [0.5, 0.6) is 0 Å². The summed E-state index contributed by atoms with van der Waals surface area (Å²) in [4.78, 5) is 30.4. The van der Waals surface area contributed by atoms with Crippen molar-refractivity contribution in [1.82, 2.24) is 15.4 Å². The van der Waals surface area contributed by atoms with E-state index >= 15 is 0 Å². The molecule has 7 rings (SSSR count). The SMILES string of the molecule is Cc1ccc(-c2c(C)noc2C)cc1N(CC1CCN(Cc2ccc(N3CCC(=O)NC3=O)cc2)CC1)c1ccc(C2(C#N)CC2)cc1. The molecule has 9 nitrogen and oxygen atoms in total. The van der Waals surface area contributed by atoms with Crippen molar-refractivity contribution in [3.63, 3.8) is 0 Å². The van der Waals surface area contributed by atoms with E-state index in [4.69, 9.17) is 4.52 Å². The average Bonchev–Trinajstić information content (AvgIpc) is 3.83. The first-order valence-electron chi connectivity index (χ1n) is 17.0. The third-order valence-electron chi connectivity index (χ3n) is 10.4. The molecule has 9 heteroatoms. The summed E-state index contributed by atoms with van der Waals surface area (Å²) in [5.74, 6) is 1.11. The summed E-state index contributed by atoms with van der Waals surface area (Å²) in [6.45, 7) is 10.3. The molecule has 1 aromatic heterocycles. The number of carbonyl (C=O) groups excluding carboxylic acids is 2. The zero-order chi connectivity index (χ0) is 33.4. The van der Waals surface area contributed by atoms with Gasteiger partial charge in [0.1, 0.15) is 5.76 Å². The van der Waals surface area contributed by atoms with E-state index in [0.717, 1.165) is 91.4 Å². The number of hydrogen-bond donors (Lipinski definition) is 1. The number of anilines is 3. The number of benzene rings is 3. The number of carbonyl (C=O) groups is 2. The van der Waals surface area contributed by atoms with Gasteiger partial charge in [-0.3, -0.25) is 19.9 Å². The van der Waals surface area contributed by atoms with Gasteiger partial charge in [-0.05, 0) is 118 Å². The van der Waals surface area contributed by atoms with Crippen LogP contribution in [0.15, 0.2) is 71.3 Å². The highest BCUT2D eigenvalue weighted by atomic mass is 16.5. The lowest BCUT2D eigenvalue weighted by Gasteiger charge is -2.36. The lowest BCUT2D eigenvalue weighted by molar-refractivity contribution is -0.120. The molecule has 4 aromatic rings. The molecule has 3 heterocycles. The number of nitrogens with zero attached hydrogens (tertiary/aromatic N) is 5. The lowest BCUT2D eigenvalue weighted by atomic mass is 9.93. The standard InChI is InChI=1S/C39H42N6O3/c1-26-4-7-31(37-27(2)42-48-28(37)3)22-35(26)45(34-12-8-32(9-13-34)39(25-40)17-18-39)24-30-14-19-43(20-15-30)23-29-5-10-33(11-6-29)44-21-16-36(46)41-38(44)47/h4-13,22,30H,14-21,23-24H2,1-3H3,(H,41,46,47). The number of imide groups is 1. The maximum absolute atomic E-state index is 12.2. The van der Waals surface area contributed by atoms with Crippen molar-refractivity contribution in [2.45, 2.75) is 64.8 Å². The monoisotopic (exact) mass is 642 g/mol.